The Bertz CT molecular complexity index is 567. The number of anilines is 3. The fraction of sp³-hybridized carbons (Fsp3) is 0.0714. The Balaban J connectivity index is 1.99. The number of para-hydroxylation sites is 2. The second kappa shape index (κ2) is 5.77. The third-order valence-electron chi connectivity index (χ3n) is 2.56. The van der Waals surface area contributed by atoms with Gasteiger partial charge in [0.2, 0.25) is 0 Å². The summed E-state index contributed by atoms with van der Waals surface area (Å²) < 4.78 is 5.04. The minimum Gasteiger partial charge on any atom is -0.497 e. The second-order valence-corrected chi connectivity index (χ2v) is 3.89. The number of benzene rings is 2. The molecule has 98 valence electrons. The Hall–Kier alpha value is -2.69. The lowest BCUT2D eigenvalue weighted by atomic mass is 10.3. The average molecular weight is 257 g/mol. The van der Waals surface area contributed by atoms with Gasteiger partial charge in [-0.3, -0.25) is 0 Å². The molecule has 2 amide bonds. The van der Waals surface area contributed by atoms with Gasteiger partial charge in [0.25, 0.3) is 0 Å². The molecule has 19 heavy (non-hydrogen) atoms. The quantitative estimate of drug-likeness (QED) is 0.740. The van der Waals surface area contributed by atoms with E-state index >= 15 is 0 Å². The van der Waals surface area contributed by atoms with Crippen molar-refractivity contribution < 1.29 is 9.53 Å². The molecule has 5 nitrogen and oxygen atoms in total. The Morgan fingerprint density at radius 3 is 2.37 bits per heavy atom. The zero-order valence-corrected chi connectivity index (χ0v) is 10.5. The van der Waals surface area contributed by atoms with E-state index in [1.165, 1.54) is 0 Å². The van der Waals surface area contributed by atoms with Crippen LogP contribution in [0, 0.1) is 0 Å². The van der Waals surface area contributed by atoms with Gasteiger partial charge in [0.15, 0.2) is 0 Å². The van der Waals surface area contributed by atoms with Crippen molar-refractivity contribution in [3.05, 3.63) is 48.5 Å². The van der Waals surface area contributed by atoms with Crippen molar-refractivity contribution in [1.82, 2.24) is 0 Å². The van der Waals surface area contributed by atoms with Gasteiger partial charge in [-0.05, 0) is 36.4 Å². The molecule has 2 aromatic rings. The van der Waals surface area contributed by atoms with Crippen LogP contribution in [-0.2, 0) is 0 Å². The predicted molar refractivity (Wildman–Crippen MR) is 76.5 cm³/mol. The van der Waals surface area contributed by atoms with Gasteiger partial charge in [-0.25, -0.2) is 4.79 Å². The number of hydrogen-bond donors (Lipinski definition) is 3. The number of nitrogen functional groups attached to an aromatic ring is 1. The van der Waals surface area contributed by atoms with Crippen LogP contribution in [0.5, 0.6) is 5.75 Å². The van der Waals surface area contributed by atoms with Gasteiger partial charge in [-0.1, -0.05) is 12.1 Å². The number of nitrogens with two attached hydrogens (primary N) is 1. The van der Waals surface area contributed by atoms with Crippen LogP contribution < -0.4 is 21.1 Å². The van der Waals surface area contributed by atoms with E-state index in [-0.39, 0.29) is 6.03 Å². The third kappa shape index (κ3) is 3.38. The summed E-state index contributed by atoms with van der Waals surface area (Å²) in [5, 5.41) is 5.39. The maximum Gasteiger partial charge on any atom is 0.323 e. The standard InChI is InChI=1S/C14H15N3O2/c1-19-11-8-6-10(7-9-11)16-14(18)17-13-5-3-2-4-12(13)15/h2-9H,15H2,1H3,(H2,16,17,18). The summed E-state index contributed by atoms with van der Waals surface area (Å²) in [5.74, 6) is 0.735. The van der Waals surface area contributed by atoms with E-state index in [1.807, 2.05) is 6.07 Å². The smallest absolute Gasteiger partial charge is 0.323 e. The van der Waals surface area contributed by atoms with Crippen LogP contribution in [-0.4, -0.2) is 13.1 Å². The van der Waals surface area contributed by atoms with Crippen LogP contribution in [0.2, 0.25) is 0 Å². The van der Waals surface area contributed by atoms with E-state index in [9.17, 15) is 4.79 Å². The molecule has 4 N–H and O–H groups in total. The number of carbonyl (C=O) groups is 1. The van der Waals surface area contributed by atoms with E-state index < -0.39 is 0 Å². The third-order valence-corrected chi connectivity index (χ3v) is 2.56. The fourth-order valence-electron chi connectivity index (χ4n) is 1.57. The molecule has 0 saturated heterocycles. The number of nitrogens with one attached hydrogen (secondary N) is 2. The Labute approximate surface area is 111 Å². The van der Waals surface area contributed by atoms with Crippen LogP contribution in [0.3, 0.4) is 0 Å². The molecule has 0 aliphatic carbocycles. The number of methoxy groups -OCH3 is 1. The van der Waals surface area contributed by atoms with E-state index in [0.29, 0.717) is 17.1 Å². The number of urea groups is 1. The van der Waals surface area contributed by atoms with Crippen LogP contribution in [0.15, 0.2) is 48.5 Å². The molecule has 0 radical (unpaired) electrons. The molecule has 0 spiro atoms. The SMILES string of the molecule is COc1ccc(NC(=O)Nc2ccccc2N)cc1. The summed E-state index contributed by atoms with van der Waals surface area (Å²) >= 11 is 0. The zero-order valence-electron chi connectivity index (χ0n) is 10.5. The van der Waals surface area contributed by atoms with Gasteiger partial charge in [-0.15, -0.1) is 0 Å². The van der Waals surface area contributed by atoms with Gasteiger partial charge >= 0.3 is 6.03 Å². The molecule has 0 aliphatic rings. The van der Waals surface area contributed by atoms with Crippen LogP contribution in [0.4, 0.5) is 21.9 Å². The average Bonchev–Trinajstić information content (AvgIpc) is 2.42. The van der Waals surface area contributed by atoms with Crippen LogP contribution in [0.25, 0.3) is 0 Å². The first-order valence-electron chi connectivity index (χ1n) is 5.75. The molecule has 2 rings (SSSR count). The van der Waals surface area contributed by atoms with Crippen LogP contribution in [0.1, 0.15) is 0 Å². The van der Waals surface area contributed by atoms with Crippen molar-refractivity contribution in [1.29, 1.82) is 0 Å². The van der Waals surface area contributed by atoms with Crippen molar-refractivity contribution >= 4 is 23.1 Å². The fourth-order valence-corrected chi connectivity index (χ4v) is 1.57. The highest BCUT2D eigenvalue weighted by Crippen LogP contribution is 2.18. The van der Waals surface area contributed by atoms with Crippen molar-refractivity contribution in [3.63, 3.8) is 0 Å². The molecule has 0 heterocycles. The van der Waals surface area contributed by atoms with Gasteiger partial charge in [0, 0.05) is 5.69 Å². The Morgan fingerprint density at radius 1 is 1.05 bits per heavy atom. The van der Waals surface area contributed by atoms with Crippen molar-refractivity contribution in [3.8, 4) is 5.75 Å². The van der Waals surface area contributed by atoms with Crippen molar-refractivity contribution in [2.45, 2.75) is 0 Å². The van der Waals surface area contributed by atoms with Gasteiger partial charge in [-0.2, -0.15) is 0 Å². The van der Waals surface area contributed by atoms with Gasteiger partial charge < -0.3 is 21.1 Å². The monoisotopic (exact) mass is 257 g/mol. The summed E-state index contributed by atoms with van der Waals surface area (Å²) in [6.07, 6.45) is 0. The van der Waals surface area contributed by atoms with E-state index in [0.717, 1.165) is 5.75 Å². The van der Waals surface area contributed by atoms with Crippen molar-refractivity contribution in [2.24, 2.45) is 0 Å². The lowest BCUT2D eigenvalue weighted by Gasteiger charge is -2.09. The lowest BCUT2D eigenvalue weighted by molar-refractivity contribution is 0.262. The lowest BCUT2D eigenvalue weighted by Crippen LogP contribution is -2.20. The normalized spacial score (nSPS) is 9.74. The zero-order chi connectivity index (χ0) is 13.7. The van der Waals surface area contributed by atoms with E-state index in [2.05, 4.69) is 10.6 Å². The highest BCUT2D eigenvalue weighted by atomic mass is 16.5. The minimum atomic E-state index is -0.344. The maximum atomic E-state index is 11.8. The molecule has 0 atom stereocenters. The number of rotatable bonds is 3. The van der Waals surface area contributed by atoms with Crippen LogP contribution >= 0.6 is 0 Å². The first-order chi connectivity index (χ1) is 9.19. The summed E-state index contributed by atoms with van der Waals surface area (Å²) in [4.78, 5) is 11.8. The molecule has 0 bridgehead atoms. The molecule has 0 aromatic heterocycles. The number of amides is 2. The number of hydrogen-bond acceptors (Lipinski definition) is 3. The molecular formula is C14H15N3O2. The van der Waals surface area contributed by atoms with E-state index in [1.54, 1.807) is 49.6 Å². The summed E-state index contributed by atoms with van der Waals surface area (Å²) in [6, 6.07) is 13.8. The van der Waals surface area contributed by atoms with Gasteiger partial charge in [0.05, 0.1) is 18.5 Å². The number of ether oxygens (including phenoxy) is 1. The van der Waals surface area contributed by atoms with E-state index in [4.69, 9.17) is 10.5 Å². The highest BCUT2D eigenvalue weighted by Gasteiger charge is 2.04. The molecule has 0 unspecified atom stereocenters. The van der Waals surface area contributed by atoms with Crippen molar-refractivity contribution in [2.75, 3.05) is 23.5 Å². The predicted octanol–water partition coefficient (Wildman–Crippen LogP) is 2.92. The number of carbonyl (C=O) groups excluding carboxylic acids is 1. The topological polar surface area (TPSA) is 76.4 Å². The Morgan fingerprint density at radius 2 is 1.74 bits per heavy atom. The Kier molecular flexibility index (Phi) is 3.87. The summed E-state index contributed by atoms with van der Waals surface area (Å²) in [7, 11) is 1.59. The second-order valence-electron chi connectivity index (χ2n) is 3.89. The molecule has 5 heteroatoms. The van der Waals surface area contributed by atoms with Gasteiger partial charge in [0.1, 0.15) is 5.75 Å². The molecular weight excluding hydrogens is 242 g/mol. The molecule has 0 fully saturated rings. The first kappa shape index (κ1) is 12.8. The highest BCUT2D eigenvalue weighted by molar-refractivity contribution is 6.01. The minimum absolute atomic E-state index is 0.344. The summed E-state index contributed by atoms with van der Waals surface area (Å²) in [6.45, 7) is 0. The largest absolute Gasteiger partial charge is 0.497 e. The summed E-state index contributed by atoms with van der Waals surface area (Å²) in [5.41, 5.74) is 7.51. The molecule has 0 saturated carbocycles. The maximum absolute atomic E-state index is 11.8. The molecule has 2 aromatic carbocycles. The molecule has 0 aliphatic heterocycles. The first-order valence-corrected chi connectivity index (χ1v) is 5.75.